The molecule has 0 heterocycles. The van der Waals surface area contributed by atoms with E-state index in [1.54, 1.807) is 13.2 Å². The summed E-state index contributed by atoms with van der Waals surface area (Å²) in [5.74, 6) is 3.96. The smallest absolute Gasteiger partial charge is 0.126 e. The molecule has 0 bridgehead atoms. The fourth-order valence-electron chi connectivity index (χ4n) is 4.75. The van der Waals surface area contributed by atoms with Crippen LogP contribution >= 0.6 is 9.24 Å². The summed E-state index contributed by atoms with van der Waals surface area (Å²) in [5, 5.41) is 0. The van der Waals surface area contributed by atoms with E-state index < -0.39 is 0 Å². The van der Waals surface area contributed by atoms with Crippen molar-refractivity contribution in [2.24, 2.45) is 11.8 Å². The molecule has 0 N–H and O–H groups in total. The molecule has 0 amide bonds. The Bertz CT molecular complexity index is 812. The minimum absolute atomic E-state index is 0.110. The van der Waals surface area contributed by atoms with Crippen molar-refractivity contribution >= 4 is 9.24 Å². The lowest BCUT2D eigenvalue weighted by molar-refractivity contribution is 0.199. The van der Waals surface area contributed by atoms with Gasteiger partial charge in [-0.25, -0.2) is 4.39 Å². The highest BCUT2D eigenvalue weighted by atomic mass is 31.0. The van der Waals surface area contributed by atoms with Crippen molar-refractivity contribution < 1.29 is 13.9 Å². The van der Waals surface area contributed by atoms with Crippen LogP contribution in [-0.4, -0.2) is 19.9 Å². The van der Waals surface area contributed by atoms with Gasteiger partial charge in [0.15, 0.2) is 0 Å². The zero-order valence-corrected chi connectivity index (χ0v) is 18.4. The molecule has 0 spiro atoms. The highest BCUT2D eigenvalue weighted by molar-refractivity contribution is 7.16. The van der Waals surface area contributed by atoms with E-state index in [1.165, 1.54) is 24.5 Å². The average molecular weight is 415 g/mol. The molecule has 29 heavy (non-hydrogen) atoms. The van der Waals surface area contributed by atoms with Crippen molar-refractivity contribution in [1.29, 1.82) is 0 Å². The number of hydrogen-bond donors (Lipinski definition) is 0. The first-order chi connectivity index (χ1) is 14.2. The van der Waals surface area contributed by atoms with Crippen LogP contribution in [0.25, 0.3) is 0 Å². The van der Waals surface area contributed by atoms with Crippen LogP contribution in [0.3, 0.4) is 0 Å². The van der Waals surface area contributed by atoms with Gasteiger partial charge in [0, 0.05) is 0 Å². The van der Waals surface area contributed by atoms with Gasteiger partial charge in [0.1, 0.15) is 17.3 Å². The van der Waals surface area contributed by atoms with Crippen LogP contribution in [0.1, 0.15) is 61.5 Å². The minimum atomic E-state index is -0.110. The molecular weight excluding hydrogens is 382 g/mol. The van der Waals surface area contributed by atoms with E-state index >= 15 is 0 Å². The number of rotatable bonds is 8. The third kappa shape index (κ3) is 5.12. The average Bonchev–Trinajstić information content (AvgIpc) is 3.59. The minimum Gasteiger partial charge on any atom is -0.497 e. The maximum atomic E-state index is 14.3. The lowest BCUT2D eigenvalue weighted by Crippen LogP contribution is -2.20. The van der Waals surface area contributed by atoms with Crippen molar-refractivity contribution in [1.82, 2.24) is 0 Å². The Morgan fingerprint density at radius 3 is 2.48 bits per heavy atom. The molecule has 2 aliphatic rings. The predicted molar refractivity (Wildman–Crippen MR) is 120 cm³/mol. The number of ether oxygens (including phenoxy) is 2. The Labute approximate surface area is 176 Å². The number of methoxy groups -OCH3 is 1. The Morgan fingerprint density at radius 1 is 1.00 bits per heavy atom. The van der Waals surface area contributed by atoms with Crippen LogP contribution in [0.2, 0.25) is 0 Å². The molecule has 2 fully saturated rings. The van der Waals surface area contributed by atoms with Crippen molar-refractivity contribution in [3.8, 4) is 11.5 Å². The molecule has 2 nitrogen and oxygen atoms in total. The van der Waals surface area contributed by atoms with Gasteiger partial charge < -0.3 is 9.47 Å². The fourth-order valence-corrected chi connectivity index (χ4v) is 5.41. The van der Waals surface area contributed by atoms with Crippen molar-refractivity contribution in [3.63, 3.8) is 0 Å². The Kier molecular flexibility index (Phi) is 6.75. The summed E-state index contributed by atoms with van der Waals surface area (Å²) in [5.41, 5.74) is 2.22. The Balaban J connectivity index is 1.30. The molecule has 2 aromatic rings. The standard InChI is InChI=1S/C25H32FO2P/c1-27-21-11-12-25(26)23(14-21)18-7-5-17(6-8-18)15-28-22-4-2-3-20(13-22)24(16-29)19-9-10-19/h2-4,11-14,17-19,24H,5-10,15-16,29H2,1H3/t17-,18-,24-/m0/s1. The second kappa shape index (κ2) is 9.47. The van der Waals surface area contributed by atoms with E-state index in [-0.39, 0.29) is 11.7 Å². The van der Waals surface area contributed by atoms with Gasteiger partial charge in [-0.1, -0.05) is 12.1 Å². The summed E-state index contributed by atoms with van der Waals surface area (Å²) in [6.07, 6.45) is 8.03. The molecule has 4 heteroatoms. The largest absolute Gasteiger partial charge is 0.497 e. The molecule has 0 saturated heterocycles. The monoisotopic (exact) mass is 414 g/mol. The molecule has 2 aromatic carbocycles. The van der Waals surface area contributed by atoms with E-state index in [0.29, 0.717) is 11.8 Å². The Morgan fingerprint density at radius 2 is 1.79 bits per heavy atom. The maximum absolute atomic E-state index is 14.3. The number of halogens is 1. The van der Waals surface area contributed by atoms with Gasteiger partial charge in [-0.05, 0) is 110 Å². The van der Waals surface area contributed by atoms with Crippen LogP contribution in [0.4, 0.5) is 4.39 Å². The van der Waals surface area contributed by atoms with Crippen molar-refractivity contribution in [3.05, 3.63) is 59.4 Å². The molecule has 0 aliphatic heterocycles. The van der Waals surface area contributed by atoms with Crippen LogP contribution in [0.15, 0.2) is 42.5 Å². The molecular formula is C25H32FO2P. The maximum Gasteiger partial charge on any atom is 0.126 e. The van der Waals surface area contributed by atoms with Gasteiger partial charge in [-0.15, -0.1) is 9.24 Å². The zero-order chi connectivity index (χ0) is 20.2. The molecule has 156 valence electrons. The molecule has 0 aromatic heterocycles. The summed E-state index contributed by atoms with van der Waals surface area (Å²) in [7, 11) is 4.54. The highest BCUT2D eigenvalue weighted by Gasteiger charge is 2.31. The van der Waals surface area contributed by atoms with Gasteiger partial charge in [0.2, 0.25) is 0 Å². The topological polar surface area (TPSA) is 18.5 Å². The van der Waals surface area contributed by atoms with Gasteiger partial charge in [-0.3, -0.25) is 0 Å². The molecule has 0 radical (unpaired) electrons. The van der Waals surface area contributed by atoms with Crippen LogP contribution in [0, 0.1) is 17.7 Å². The lowest BCUT2D eigenvalue weighted by atomic mass is 9.79. The van der Waals surface area contributed by atoms with E-state index in [4.69, 9.17) is 9.47 Å². The van der Waals surface area contributed by atoms with Crippen LogP contribution in [-0.2, 0) is 0 Å². The molecule has 2 atom stereocenters. The number of hydrogen-bond acceptors (Lipinski definition) is 2. The summed E-state index contributed by atoms with van der Waals surface area (Å²) < 4.78 is 25.7. The summed E-state index contributed by atoms with van der Waals surface area (Å²) in [4.78, 5) is 0. The second-order valence-corrected chi connectivity index (χ2v) is 9.14. The van der Waals surface area contributed by atoms with Crippen molar-refractivity contribution in [2.75, 3.05) is 19.9 Å². The third-order valence-corrected chi connectivity index (χ3v) is 7.21. The molecule has 4 rings (SSSR count). The third-order valence-electron chi connectivity index (χ3n) is 6.71. The molecule has 1 unspecified atom stereocenters. The SMILES string of the molecule is COc1ccc(F)c([C@H]2CC[C@H](COc3cccc([C@@H](CP)C4CC4)c3)CC2)c1. The van der Waals surface area contributed by atoms with E-state index in [9.17, 15) is 4.39 Å². The zero-order valence-electron chi connectivity index (χ0n) is 17.3. The van der Waals surface area contributed by atoms with E-state index in [1.807, 2.05) is 6.07 Å². The van der Waals surface area contributed by atoms with E-state index in [0.717, 1.165) is 61.4 Å². The quantitative estimate of drug-likeness (QED) is 0.456. The molecule has 2 saturated carbocycles. The van der Waals surface area contributed by atoms with Gasteiger partial charge in [-0.2, -0.15) is 0 Å². The Hall–Kier alpha value is -1.60. The van der Waals surface area contributed by atoms with Gasteiger partial charge in [0.25, 0.3) is 0 Å². The predicted octanol–water partition coefficient (Wildman–Crippen LogP) is 6.56. The van der Waals surface area contributed by atoms with Gasteiger partial charge in [0.05, 0.1) is 13.7 Å². The van der Waals surface area contributed by atoms with Gasteiger partial charge >= 0.3 is 0 Å². The first kappa shape index (κ1) is 20.7. The highest BCUT2D eigenvalue weighted by Crippen LogP contribution is 2.44. The summed E-state index contributed by atoms with van der Waals surface area (Å²) in [6.45, 7) is 0.756. The van der Waals surface area contributed by atoms with Crippen molar-refractivity contribution in [2.45, 2.75) is 50.4 Å². The normalized spacial score (nSPS) is 22.9. The number of benzene rings is 2. The first-order valence-electron chi connectivity index (χ1n) is 10.9. The van der Waals surface area contributed by atoms with E-state index in [2.05, 4.69) is 33.5 Å². The van der Waals surface area contributed by atoms with Crippen LogP contribution < -0.4 is 9.47 Å². The van der Waals surface area contributed by atoms with Crippen LogP contribution in [0.5, 0.6) is 11.5 Å². The lowest BCUT2D eigenvalue weighted by Gasteiger charge is -2.29. The second-order valence-electron chi connectivity index (χ2n) is 8.67. The fraction of sp³-hybridized carbons (Fsp3) is 0.520. The summed E-state index contributed by atoms with van der Waals surface area (Å²) >= 11 is 0. The molecule has 2 aliphatic carbocycles. The first-order valence-corrected chi connectivity index (χ1v) is 11.8. The summed E-state index contributed by atoms with van der Waals surface area (Å²) in [6, 6.07) is 13.8.